The van der Waals surface area contributed by atoms with Crippen LogP contribution in [-0.4, -0.2) is 27.0 Å². The fraction of sp³-hybridized carbons (Fsp3) is 0.105. The van der Waals surface area contributed by atoms with Gasteiger partial charge in [-0.25, -0.2) is 0 Å². The van der Waals surface area contributed by atoms with Gasteiger partial charge < -0.3 is 0 Å². The number of rotatable bonds is 3. The minimum atomic E-state index is 0.773. The quantitative estimate of drug-likeness (QED) is 0.675. The molecule has 3 aromatic rings. The summed E-state index contributed by atoms with van der Waals surface area (Å²) in [6.45, 7) is 0.793. The number of hydrogen-bond donors (Lipinski definition) is 0. The molecular weight excluding hydrogens is 364 g/mol. The van der Waals surface area contributed by atoms with Gasteiger partial charge in [0.1, 0.15) is 5.71 Å². The van der Waals surface area contributed by atoms with Crippen molar-refractivity contribution in [1.29, 1.82) is 0 Å². The van der Waals surface area contributed by atoms with Gasteiger partial charge in [-0.2, -0.15) is 0 Å². The largest absolute Gasteiger partial charge is 0.281 e. The van der Waals surface area contributed by atoms with Gasteiger partial charge in [0.2, 0.25) is 0 Å². The molecule has 0 N–H and O–H groups in total. The third-order valence-electron chi connectivity index (χ3n) is 3.86. The molecule has 118 valence electrons. The van der Waals surface area contributed by atoms with Crippen molar-refractivity contribution in [2.75, 3.05) is 6.54 Å². The Morgan fingerprint density at radius 1 is 0.875 bits per heavy atom. The molecule has 0 spiro atoms. The van der Waals surface area contributed by atoms with Crippen molar-refractivity contribution in [3.8, 4) is 17.1 Å². The van der Waals surface area contributed by atoms with Gasteiger partial charge in [-0.1, -0.05) is 52.3 Å². The van der Waals surface area contributed by atoms with Crippen LogP contribution >= 0.6 is 15.9 Å². The highest BCUT2D eigenvalue weighted by atomic mass is 79.9. The zero-order chi connectivity index (χ0) is 16.4. The van der Waals surface area contributed by atoms with Gasteiger partial charge in [-0.3, -0.25) is 9.56 Å². The molecular formula is C19H15BrN4. The molecule has 0 aliphatic carbocycles. The van der Waals surface area contributed by atoms with E-state index >= 15 is 0 Å². The van der Waals surface area contributed by atoms with E-state index in [0.717, 1.165) is 46.0 Å². The molecule has 5 heteroatoms. The molecule has 0 saturated carbocycles. The van der Waals surface area contributed by atoms with Crippen LogP contribution in [0.15, 0.2) is 76.2 Å². The first-order chi connectivity index (χ1) is 11.8. The minimum absolute atomic E-state index is 0.773. The van der Waals surface area contributed by atoms with Crippen molar-refractivity contribution < 1.29 is 0 Å². The number of benzene rings is 2. The summed E-state index contributed by atoms with van der Waals surface area (Å²) in [5.74, 6) is 1.58. The number of allylic oxidation sites excluding steroid dienone is 1. The Morgan fingerprint density at radius 2 is 1.62 bits per heavy atom. The summed E-state index contributed by atoms with van der Waals surface area (Å²) in [4.78, 5) is 4.61. The number of dihydropyridines is 1. The van der Waals surface area contributed by atoms with Crippen molar-refractivity contribution in [3.05, 3.63) is 77.0 Å². The smallest absolute Gasteiger partial charge is 0.187 e. The van der Waals surface area contributed by atoms with Crippen LogP contribution in [0.4, 0.5) is 0 Å². The Balaban J connectivity index is 1.91. The number of hydrogen-bond acceptors (Lipinski definition) is 3. The van der Waals surface area contributed by atoms with Crippen LogP contribution in [0.3, 0.4) is 0 Å². The zero-order valence-electron chi connectivity index (χ0n) is 12.9. The van der Waals surface area contributed by atoms with E-state index in [0.29, 0.717) is 0 Å². The first-order valence-corrected chi connectivity index (χ1v) is 8.60. The highest BCUT2D eigenvalue weighted by Crippen LogP contribution is 2.25. The molecule has 2 heterocycles. The molecule has 0 unspecified atom stereocenters. The summed E-state index contributed by atoms with van der Waals surface area (Å²) < 4.78 is 3.11. The summed E-state index contributed by atoms with van der Waals surface area (Å²) in [6, 6.07) is 18.3. The van der Waals surface area contributed by atoms with Crippen LogP contribution in [0.2, 0.25) is 0 Å². The standard InChI is InChI=1S/C19H15BrN4/c20-15-11-9-14(10-12-15)18-22-23-19(17-8-4-5-13-21-17)24(18)16-6-2-1-3-7-16/h1-4,6-12H,5,13H2. The van der Waals surface area contributed by atoms with Crippen molar-refractivity contribution in [1.82, 2.24) is 14.8 Å². The second-order valence-electron chi connectivity index (χ2n) is 5.48. The molecule has 24 heavy (non-hydrogen) atoms. The molecule has 0 saturated heterocycles. The normalized spacial score (nSPS) is 13.8. The summed E-state index contributed by atoms with van der Waals surface area (Å²) >= 11 is 3.48. The highest BCUT2D eigenvalue weighted by molar-refractivity contribution is 9.10. The lowest BCUT2D eigenvalue weighted by Crippen LogP contribution is -2.11. The maximum absolute atomic E-state index is 4.61. The molecule has 0 bridgehead atoms. The van der Waals surface area contributed by atoms with Gasteiger partial charge in [0, 0.05) is 22.3 Å². The monoisotopic (exact) mass is 378 g/mol. The van der Waals surface area contributed by atoms with Crippen LogP contribution < -0.4 is 0 Å². The zero-order valence-corrected chi connectivity index (χ0v) is 14.5. The average Bonchev–Trinajstić information content (AvgIpc) is 3.09. The van der Waals surface area contributed by atoms with Crippen LogP contribution in [0.25, 0.3) is 17.1 Å². The van der Waals surface area contributed by atoms with Gasteiger partial charge in [0.15, 0.2) is 11.6 Å². The van der Waals surface area contributed by atoms with Crippen molar-refractivity contribution in [3.63, 3.8) is 0 Å². The Bertz CT molecular complexity index is 908. The summed E-state index contributed by atoms with van der Waals surface area (Å²) in [5, 5.41) is 8.88. The second-order valence-corrected chi connectivity index (χ2v) is 6.40. The number of aromatic nitrogens is 3. The van der Waals surface area contributed by atoms with E-state index in [-0.39, 0.29) is 0 Å². The lowest BCUT2D eigenvalue weighted by atomic mass is 10.2. The third-order valence-corrected chi connectivity index (χ3v) is 4.39. The molecule has 1 aliphatic rings. The predicted octanol–water partition coefficient (Wildman–Crippen LogP) is 4.45. The van der Waals surface area contributed by atoms with Crippen LogP contribution in [-0.2, 0) is 0 Å². The van der Waals surface area contributed by atoms with Crippen LogP contribution in [0, 0.1) is 0 Å². The van der Waals surface area contributed by atoms with E-state index in [4.69, 9.17) is 0 Å². The first-order valence-electron chi connectivity index (χ1n) is 7.81. The highest BCUT2D eigenvalue weighted by Gasteiger charge is 2.19. The van der Waals surface area contributed by atoms with Crippen LogP contribution in [0.5, 0.6) is 0 Å². The topological polar surface area (TPSA) is 43.1 Å². The van der Waals surface area contributed by atoms with Crippen molar-refractivity contribution in [2.24, 2.45) is 4.99 Å². The third kappa shape index (κ3) is 2.83. The average molecular weight is 379 g/mol. The maximum Gasteiger partial charge on any atom is 0.187 e. The molecule has 4 rings (SSSR count). The Hall–Kier alpha value is -2.53. The van der Waals surface area contributed by atoms with Gasteiger partial charge in [0.25, 0.3) is 0 Å². The first kappa shape index (κ1) is 15.0. The summed E-state index contributed by atoms with van der Waals surface area (Å²) in [7, 11) is 0. The predicted molar refractivity (Wildman–Crippen MR) is 99.7 cm³/mol. The minimum Gasteiger partial charge on any atom is -0.281 e. The molecule has 0 fully saturated rings. The Kier molecular flexibility index (Phi) is 4.09. The lowest BCUT2D eigenvalue weighted by molar-refractivity contribution is 0.970. The van der Waals surface area contributed by atoms with E-state index in [9.17, 15) is 0 Å². The lowest BCUT2D eigenvalue weighted by Gasteiger charge is -2.12. The Labute approximate surface area is 148 Å². The molecule has 0 radical (unpaired) electrons. The second kappa shape index (κ2) is 6.53. The summed E-state index contributed by atoms with van der Waals surface area (Å²) in [6.07, 6.45) is 5.13. The molecule has 0 amide bonds. The van der Waals surface area contributed by atoms with Gasteiger partial charge >= 0.3 is 0 Å². The number of halogens is 1. The van der Waals surface area contributed by atoms with E-state index in [1.54, 1.807) is 0 Å². The van der Waals surface area contributed by atoms with E-state index in [2.05, 4.69) is 53.9 Å². The SMILES string of the molecule is Brc1ccc(-c2nnc(C3=NCCC=C3)n2-c2ccccc2)cc1. The van der Waals surface area contributed by atoms with Crippen molar-refractivity contribution in [2.45, 2.75) is 6.42 Å². The van der Waals surface area contributed by atoms with Crippen molar-refractivity contribution >= 4 is 21.6 Å². The van der Waals surface area contributed by atoms with Crippen LogP contribution in [0.1, 0.15) is 12.2 Å². The molecule has 1 aliphatic heterocycles. The van der Waals surface area contributed by atoms with Gasteiger partial charge in [0.05, 0.1) is 0 Å². The fourth-order valence-electron chi connectivity index (χ4n) is 2.71. The maximum atomic E-state index is 4.61. The van der Waals surface area contributed by atoms with E-state index in [1.807, 2.05) is 48.5 Å². The van der Waals surface area contributed by atoms with Gasteiger partial charge in [-0.15, -0.1) is 10.2 Å². The number of para-hydroxylation sites is 1. The Morgan fingerprint density at radius 3 is 2.33 bits per heavy atom. The molecule has 0 atom stereocenters. The molecule has 1 aromatic heterocycles. The van der Waals surface area contributed by atoms with E-state index < -0.39 is 0 Å². The molecule has 2 aromatic carbocycles. The van der Waals surface area contributed by atoms with Gasteiger partial charge in [-0.05, 0) is 36.8 Å². The number of aliphatic imine (C=N–C) groups is 1. The fourth-order valence-corrected chi connectivity index (χ4v) is 2.97. The summed E-state index contributed by atoms with van der Waals surface area (Å²) in [5.41, 5.74) is 2.92. The molecule has 4 nitrogen and oxygen atoms in total. The number of nitrogens with zero attached hydrogens (tertiary/aromatic N) is 4. The van der Waals surface area contributed by atoms with E-state index in [1.165, 1.54) is 0 Å².